The second-order valence-electron chi connectivity index (χ2n) is 5.09. The number of halogens is 1. The molecule has 1 rings (SSSR count). The van der Waals surface area contributed by atoms with Gasteiger partial charge in [0.05, 0.1) is 0 Å². The van der Waals surface area contributed by atoms with E-state index in [9.17, 15) is 9.18 Å². The Bertz CT molecular complexity index is 436. The van der Waals surface area contributed by atoms with Crippen molar-refractivity contribution in [2.45, 2.75) is 26.7 Å². The summed E-state index contributed by atoms with van der Waals surface area (Å²) in [6.45, 7) is 4.99. The van der Waals surface area contributed by atoms with Gasteiger partial charge in [-0.25, -0.2) is 4.39 Å². The summed E-state index contributed by atoms with van der Waals surface area (Å²) >= 11 is 0. The summed E-state index contributed by atoms with van der Waals surface area (Å²) in [5, 5.41) is 2.74. The van der Waals surface area contributed by atoms with Crippen LogP contribution in [0.3, 0.4) is 0 Å². The summed E-state index contributed by atoms with van der Waals surface area (Å²) in [6, 6.07) is 4.67. The predicted molar refractivity (Wildman–Crippen MR) is 77.1 cm³/mol. The molecule has 0 bridgehead atoms. The van der Waals surface area contributed by atoms with Crippen molar-refractivity contribution in [3.63, 3.8) is 0 Å². The topological polar surface area (TPSA) is 64.3 Å². The molecule has 3 N–H and O–H groups in total. The van der Waals surface area contributed by atoms with Crippen LogP contribution in [0.5, 0.6) is 5.75 Å². The van der Waals surface area contributed by atoms with E-state index in [0.29, 0.717) is 31.0 Å². The largest absolute Gasteiger partial charge is 0.480 e. The van der Waals surface area contributed by atoms with E-state index in [2.05, 4.69) is 19.2 Å². The molecule has 0 heterocycles. The molecule has 0 aliphatic carbocycles. The number of nitrogens with two attached hydrogens (primary N) is 1. The highest BCUT2D eigenvalue weighted by atomic mass is 19.1. The van der Waals surface area contributed by atoms with E-state index in [1.807, 2.05) is 0 Å². The van der Waals surface area contributed by atoms with Gasteiger partial charge in [0.2, 0.25) is 0 Å². The zero-order valence-electron chi connectivity index (χ0n) is 12.1. The van der Waals surface area contributed by atoms with Gasteiger partial charge in [-0.1, -0.05) is 26.0 Å². The van der Waals surface area contributed by atoms with Gasteiger partial charge in [0.1, 0.15) is 0 Å². The molecule has 5 heteroatoms. The number of amides is 1. The molecular formula is C15H23FN2O2. The average Bonchev–Trinajstić information content (AvgIpc) is 2.38. The number of nitrogens with one attached hydrogen (secondary N) is 1. The number of para-hydroxylation sites is 1. The number of rotatable bonds is 8. The van der Waals surface area contributed by atoms with Crippen LogP contribution >= 0.6 is 0 Å². The molecule has 112 valence electrons. The minimum Gasteiger partial charge on any atom is -0.480 e. The molecule has 0 aliphatic rings. The fourth-order valence-electron chi connectivity index (χ4n) is 1.76. The van der Waals surface area contributed by atoms with Crippen LogP contribution in [0, 0.1) is 11.7 Å². The van der Waals surface area contributed by atoms with Gasteiger partial charge in [-0.05, 0) is 36.9 Å². The van der Waals surface area contributed by atoms with Crippen molar-refractivity contribution < 1.29 is 13.9 Å². The number of hydrogen-bond donors (Lipinski definition) is 2. The van der Waals surface area contributed by atoms with Gasteiger partial charge < -0.3 is 15.8 Å². The molecule has 0 atom stereocenters. The van der Waals surface area contributed by atoms with E-state index in [1.54, 1.807) is 12.1 Å². The van der Waals surface area contributed by atoms with Gasteiger partial charge in [0, 0.05) is 6.54 Å². The standard InChI is InChI=1S/C15H23FN2O2/c1-11(2)7-9-18-14(19)10-20-15-12(6-8-17)4-3-5-13(15)16/h3-5,11H,6-10,17H2,1-2H3,(H,18,19). The molecule has 0 saturated heterocycles. The van der Waals surface area contributed by atoms with Gasteiger partial charge in [-0.2, -0.15) is 0 Å². The highest BCUT2D eigenvalue weighted by Gasteiger charge is 2.11. The monoisotopic (exact) mass is 282 g/mol. The number of ether oxygens (including phenoxy) is 1. The summed E-state index contributed by atoms with van der Waals surface area (Å²) in [6.07, 6.45) is 1.42. The predicted octanol–water partition coefficient (Wildman–Crippen LogP) is 1.87. The third-order valence-electron chi connectivity index (χ3n) is 2.85. The van der Waals surface area contributed by atoms with E-state index in [0.717, 1.165) is 6.42 Å². The van der Waals surface area contributed by atoms with Crippen molar-refractivity contribution in [3.8, 4) is 5.75 Å². The molecule has 1 amide bonds. The van der Waals surface area contributed by atoms with Gasteiger partial charge in [-0.15, -0.1) is 0 Å². The molecule has 0 spiro atoms. The summed E-state index contributed by atoms with van der Waals surface area (Å²) in [7, 11) is 0. The van der Waals surface area contributed by atoms with E-state index in [1.165, 1.54) is 6.07 Å². The molecular weight excluding hydrogens is 259 g/mol. The van der Waals surface area contributed by atoms with Crippen LogP contribution in [0.25, 0.3) is 0 Å². The van der Waals surface area contributed by atoms with Crippen molar-refractivity contribution in [3.05, 3.63) is 29.6 Å². The molecule has 0 aliphatic heterocycles. The Morgan fingerprint density at radius 2 is 2.20 bits per heavy atom. The first-order valence-electron chi connectivity index (χ1n) is 6.91. The Labute approximate surface area is 119 Å². The molecule has 4 nitrogen and oxygen atoms in total. The fraction of sp³-hybridized carbons (Fsp3) is 0.533. The number of benzene rings is 1. The summed E-state index contributed by atoms with van der Waals surface area (Å²) in [5.74, 6) is -0.0607. The lowest BCUT2D eigenvalue weighted by atomic mass is 10.1. The highest BCUT2D eigenvalue weighted by Crippen LogP contribution is 2.22. The molecule has 0 fully saturated rings. The van der Waals surface area contributed by atoms with Gasteiger partial charge >= 0.3 is 0 Å². The molecule has 0 radical (unpaired) electrons. The van der Waals surface area contributed by atoms with Crippen LogP contribution in [0.15, 0.2) is 18.2 Å². The third-order valence-corrected chi connectivity index (χ3v) is 2.85. The lowest BCUT2D eigenvalue weighted by molar-refractivity contribution is -0.123. The van der Waals surface area contributed by atoms with Crippen LogP contribution in [0.2, 0.25) is 0 Å². The maximum absolute atomic E-state index is 13.7. The maximum Gasteiger partial charge on any atom is 0.257 e. The molecule has 0 unspecified atom stereocenters. The SMILES string of the molecule is CC(C)CCNC(=O)COc1c(F)cccc1CCN. The van der Waals surface area contributed by atoms with Crippen molar-refractivity contribution in [2.75, 3.05) is 19.7 Å². The molecule has 20 heavy (non-hydrogen) atoms. The van der Waals surface area contributed by atoms with Crippen molar-refractivity contribution >= 4 is 5.91 Å². The zero-order valence-corrected chi connectivity index (χ0v) is 12.1. The molecule has 0 aromatic heterocycles. The lowest BCUT2D eigenvalue weighted by Gasteiger charge is -2.12. The van der Waals surface area contributed by atoms with Gasteiger partial charge in [0.15, 0.2) is 18.2 Å². The minimum absolute atomic E-state index is 0.122. The Hall–Kier alpha value is -1.62. The Morgan fingerprint density at radius 3 is 2.85 bits per heavy atom. The van der Waals surface area contributed by atoms with E-state index in [-0.39, 0.29) is 18.3 Å². The summed E-state index contributed by atoms with van der Waals surface area (Å²) < 4.78 is 19.0. The minimum atomic E-state index is -0.467. The normalized spacial score (nSPS) is 10.7. The first-order chi connectivity index (χ1) is 9.54. The second kappa shape index (κ2) is 8.53. The smallest absolute Gasteiger partial charge is 0.257 e. The number of carbonyl (C=O) groups excluding carboxylic acids is 1. The van der Waals surface area contributed by atoms with Crippen LogP contribution in [-0.4, -0.2) is 25.6 Å². The van der Waals surface area contributed by atoms with E-state index < -0.39 is 5.82 Å². The van der Waals surface area contributed by atoms with Gasteiger partial charge in [0.25, 0.3) is 5.91 Å². The highest BCUT2D eigenvalue weighted by molar-refractivity contribution is 5.77. The van der Waals surface area contributed by atoms with Crippen molar-refractivity contribution in [2.24, 2.45) is 11.7 Å². The quantitative estimate of drug-likeness (QED) is 0.765. The Kier molecular flexibility index (Phi) is 7.01. The average molecular weight is 282 g/mol. The van der Waals surface area contributed by atoms with Crippen LogP contribution < -0.4 is 15.8 Å². The Morgan fingerprint density at radius 1 is 1.45 bits per heavy atom. The number of carbonyl (C=O) groups is 1. The maximum atomic E-state index is 13.7. The first kappa shape index (κ1) is 16.4. The first-order valence-corrected chi connectivity index (χ1v) is 6.91. The van der Waals surface area contributed by atoms with Crippen molar-refractivity contribution in [1.29, 1.82) is 0 Å². The molecule has 1 aromatic rings. The summed E-state index contributed by atoms with van der Waals surface area (Å²) in [5.41, 5.74) is 6.16. The van der Waals surface area contributed by atoms with E-state index in [4.69, 9.17) is 10.5 Å². The fourth-order valence-corrected chi connectivity index (χ4v) is 1.76. The lowest BCUT2D eigenvalue weighted by Crippen LogP contribution is -2.30. The zero-order chi connectivity index (χ0) is 15.0. The van der Waals surface area contributed by atoms with Crippen LogP contribution in [-0.2, 0) is 11.2 Å². The van der Waals surface area contributed by atoms with E-state index >= 15 is 0 Å². The molecule has 0 saturated carbocycles. The summed E-state index contributed by atoms with van der Waals surface area (Å²) in [4.78, 5) is 11.6. The van der Waals surface area contributed by atoms with Crippen LogP contribution in [0.1, 0.15) is 25.8 Å². The van der Waals surface area contributed by atoms with Gasteiger partial charge in [-0.3, -0.25) is 4.79 Å². The number of hydrogen-bond acceptors (Lipinski definition) is 3. The Balaban J connectivity index is 2.50. The van der Waals surface area contributed by atoms with Crippen molar-refractivity contribution in [1.82, 2.24) is 5.32 Å². The third kappa shape index (κ3) is 5.57. The second-order valence-corrected chi connectivity index (χ2v) is 5.09. The molecule has 1 aromatic carbocycles. The van der Waals surface area contributed by atoms with Crippen LogP contribution in [0.4, 0.5) is 4.39 Å².